The topological polar surface area (TPSA) is 66.8 Å². The molecule has 3 rings (SSSR count). The number of aliphatic carboxylic acids is 1. The summed E-state index contributed by atoms with van der Waals surface area (Å²) in [6.07, 6.45) is 3.63. The fraction of sp³-hybridized carbons (Fsp3) is 0.417. The van der Waals surface area contributed by atoms with Crippen molar-refractivity contribution in [2.24, 2.45) is 0 Å². The number of carboxylic acids is 1. The number of ether oxygens (including phenoxy) is 1. The van der Waals surface area contributed by atoms with Gasteiger partial charge in [0, 0.05) is 23.2 Å². The molecule has 29 heavy (non-hydrogen) atoms. The summed E-state index contributed by atoms with van der Waals surface area (Å²) in [4.78, 5) is 25.3. The van der Waals surface area contributed by atoms with Crippen LogP contribution in [0.25, 0.3) is 0 Å². The summed E-state index contributed by atoms with van der Waals surface area (Å²) in [7, 11) is 0. The number of fused-ring (bicyclic) bond motifs is 1. The van der Waals surface area contributed by atoms with Gasteiger partial charge >= 0.3 is 5.97 Å². The number of rotatable bonds is 10. The van der Waals surface area contributed by atoms with Crippen molar-refractivity contribution in [1.29, 1.82) is 0 Å². The van der Waals surface area contributed by atoms with E-state index in [-0.39, 0.29) is 12.3 Å². The van der Waals surface area contributed by atoms with Crippen LogP contribution in [0.4, 0.5) is 5.69 Å². The maximum Gasteiger partial charge on any atom is 0.303 e. The molecule has 2 aromatic rings. The molecule has 0 spiro atoms. The van der Waals surface area contributed by atoms with Gasteiger partial charge < -0.3 is 14.7 Å². The van der Waals surface area contributed by atoms with Gasteiger partial charge in [-0.15, -0.1) is 0 Å². The van der Waals surface area contributed by atoms with Crippen molar-refractivity contribution in [3.05, 3.63) is 59.2 Å². The molecule has 0 unspecified atom stereocenters. The number of hydrogen-bond acceptors (Lipinski definition) is 3. The molecule has 0 atom stereocenters. The molecule has 5 nitrogen and oxygen atoms in total. The number of anilines is 1. The van der Waals surface area contributed by atoms with Gasteiger partial charge in [-0.2, -0.15) is 0 Å². The van der Waals surface area contributed by atoms with Crippen molar-refractivity contribution in [3.8, 4) is 5.75 Å². The molecule has 0 aromatic heterocycles. The Morgan fingerprint density at radius 2 is 1.86 bits per heavy atom. The van der Waals surface area contributed by atoms with Crippen molar-refractivity contribution < 1.29 is 19.4 Å². The monoisotopic (exact) mass is 395 g/mol. The van der Waals surface area contributed by atoms with E-state index < -0.39 is 5.97 Å². The fourth-order valence-electron chi connectivity index (χ4n) is 3.61. The Hall–Kier alpha value is -2.82. The Morgan fingerprint density at radius 3 is 2.62 bits per heavy atom. The first-order chi connectivity index (χ1) is 14.0. The molecule has 0 radical (unpaired) electrons. The van der Waals surface area contributed by atoms with Crippen molar-refractivity contribution in [2.75, 3.05) is 11.5 Å². The molecule has 0 aliphatic carbocycles. The van der Waals surface area contributed by atoms with Crippen molar-refractivity contribution in [1.82, 2.24) is 0 Å². The van der Waals surface area contributed by atoms with Crippen molar-refractivity contribution >= 4 is 17.6 Å². The molecule has 5 heteroatoms. The molecule has 0 saturated heterocycles. The Morgan fingerprint density at radius 1 is 1.10 bits per heavy atom. The number of benzene rings is 2. The molecule has 1 heterocycles. The van der Waals surface area contributed by atoms with E-state index in [2.05, 4.69) is 26.0 Å². The lowest BCUT2D eigenvalue weighted by Gasteiger charge is -2.18. The fourth-order valence-corrected chi connectivity index (χ4v) is 3.61. The zero-order valence-electron chi connectivity index (χ0n) is 17.2. The minimum absolute atomic E-state index is 0.0139. The predicted molar refractivity (Wildman–Crippen MR) is 114 cm³/mol. The van der Waals surface area contributed by atoms with Crippen LogP contribution in [-0.2, 0) is 11.3 Å². The van der Waals surface area contributed by atoms with Gasteiger partial charge in [0.2, 0.25) is 0 Å². The summed E-state index contributed by atoms with van der Waals surface area (Å²) in [5, 5.41) is 8.67. The first-order valence-electron chi connectivity index (χ1n) is 10.4. The molecule has 1 aliphatic heterocycles. The van der Waals surface area contributed by atoms with Crippen LogP contribution in [-0.4, -0.2) is 23.6 Å². The number of carbonyl (C=O) groups is 2. The normalized spacial score (nSPS) is 13.1. The lowest BCUT2D eigenvalue weighted by molar-refractivity contribution is -0.137. The molecule has 0 bridgehead atoms. The SMILES string of the molecule is CC(C)c1cccc(N2Cc3c(OCCCCCCC(=O)O)cccc3C2=O)c1. The van der Waals surface area contributed by atoms with Gasteiger partial charge in [-0.1, -0.05) is 44.9 Å². The molecular weight excluding hydrogens is 366 g/mol. The number of nitrogens with zero attached hydrogens (tertiary/aromatic N) is 1. The van der Waals surface area contributed by atoms with Crippen LogP contribution in [0.5, 0.6) is 5.75 Å². The standard InChI is InChI=1S/C24H29NO4/c1-17(2)18-9-7-10-19(15-18)25-16-21-20(24(25)28)11-8-12-22(21)29-14-6-4-3-5-13-23(26)27/h7-12,15,17H,3-6,13-14,16H2,1-2H3,(H,26,27). The quantitative estimate of drug-likeness (QED) is 0.548. The van der Waals surface area contributed by atoms with Gasteiger partial charge in [0.1, 0.15) is 5.75 Å². The molecule has 154 valence electrons. The number of amides is 1. The molecule has 1 N–H and O–H groups in total. The van der Waals surface area contributed by atoms with Gasteiger partial charge in [0.05, 0.1) is 13.2 Å². The maximum absolute atomic E-state index is 13.0. The number of carbonyl (C=O) groups excluding carboxylic acids is 1. The lowest BCUT2D eigenvalue weighted by atomic mass is 10.0. The van der Waals surface area contributed by atoms with Gasteiger partial charge in [0.15, 0.2) is 0 Å². The number of hydrogen-bond donors (Lipinski definition) is 1. The summed E-state index contributed by atoms with van der Waals surface area (Å²) in [5.41, 5.74) is 3.78. The molecule has 1 aliphatic rings. The number of carboxylic acid groups (broad SMARTS) is 1. The Bertz CT molecular complexity index is 875. The van der Waals surface area contributed by atoms with Crippen molar-refractivity contribution in [2.45, 2.75) is 58.4 Å². The highest BCUT2D eigenvalue weighted by Gasteiger charge is 2.31. The second-order valence-corrected chi connectivity index (χ2v) is 7.83. The van der Waals surface area contributed by atoms with Crippen LogP contribution in [0.2, 0.25) is 0 Å². The second kappa shape index (κ2) is 9.59. The summed E-state index contributed by atoms with van der Waals surface area (Å²) >= 11 is 0. The van der Waals surface area contributed by atoms with Crippen LogP contribution in [0, 0.1) is 0 Å². The minimum Gasteiger partial charge on any atom is -0.493 e. The zero-order chi connectivity index (χ0) is 20.8. The summed E-state index contributed by atoms with van der Waals surface area (Å²) in [6.45, 7) is 5.38. The largest absolute Gasteiger partial charge is 0.493 e. The van der Waals surface area contributed by atoms with E-state index >= 15 is 0 Å². The number of unbranched alkanes of at least 4 members (excludes halogenated alkanes) is 3. The van der Waals surface area contributed by atoms with Crippen LogP contribution in [0.15, 0.2) is 42.5 Å². The maximum atomic E-state index is 13.0. The summed E-state index contributed by atoms with van der Waals surface area (Å²) in [5.74, 6) is 0.447. The first-order valence-corrected chi connectivity index (χ1v) is 10.4. The van der Waals surface area contributed by atoms with E-state index in [9.17, 15) is 9.59 Å². The Labute approximate surface area is 172 Å². The van der Waals surface area contributed by atoms with Gasteiger partial charge in [0.25, 0.3) is 5.91 Å². The highest BCUT2D eigenvalue weighted by atomic mass is 16.5. The molecule has 0 fully saturated rings. The predicted octanol–water partition coefficient (Wildman–Crippen LogP) is 5.38. The first kappa shape index (κ1) is 20.9. The third kappa shape index (κ3) is 5.17. The Balaban J connectivity index is 1.61. The highest BCUT2D eigenvalue weighted by Crippen LogP contribution is 2.35. The van der Waals surface area contributed by atoms with E-state index in [1.807, 2.05) is 35.2 Å². The van der Waals surface area contributed by atoms with Crippen LogP contribution in [0.3, 0.4) is 0 Å². The van der Waals surface area contributed by atoms with Gasteiger partial charge in [-0.05, 0) is 48.6 Å². The van der Waals surface area contributed by atoms with Crippen LogP contribution in [0.1, 0.15) is 73.4 Å². The van der Waals surface area contributed by atoms with E-state index in [1.54, 1.807) is 0 Å². The average Bonchev–Trinajstić information content (AvgIpc) is 3.04. The van der Waals surface area contributed by atoms with E-state index in [4.69, 9.17) is 9.84 Å². The summed E-state index contributed by atoms with van der Waals surface area (Å²) < 4.78 is 5.98. The Kier molecular flexibility index (Phi) is 6.91. The smallest absolute Gasteiger partial charge is 0.303 e. The highest BCUT2D eigenvalue weighted by molar-refractivity contribution is 6.10. The molecule has 0 saturated carbocycles. The average molecular weight is 395 g/mol. The van der Waals surface area contributed by atoms with E-state index in [0.29, 0.717) is 31.1 Å². The molecular formula is C24H29NO4. The minimum atomic E-state index is -0.741. The van der Waals surface area contributed by atoms with E-state index in [1.165, 1.54) is 5.56 Å². The zero-order valence-corrected chi connectivity index (χ0v) is 17.2. The summed E-state index contributed by atoms with van der Waals surface area (Å²) in [6, 6.07) is 13.8. The lowest BCUT2D eigenvalue weighted by Crippen LogP contribution is -2.23. The molecule has 1 amide bonds. The van der Waals surface area contributed by atoms with Gasteiger partial charge in [-0.25, -0.2) is 0 Å². The third-order valence-electron chi connectivity index (χ3n) is 5.32. The van der Waals surface area contributed by atoms with E-state index in [0.717, 1.165) is 36.3 Å². The van der Waals surface area contributed by atoms with Crippen molar-refractivity contribution in [3.63, 3.8) is 0 Å². The van der Waals surface area contributed by atoms with Crippen LogP contribution < -0.4 is 9.64 Å². The molecule has 2 aromatic carbocycles. The van der Waals surface area contributed by atoms with Gasteiger partial charge in [-0.3, -0.25) is 9.59 Å². The second-order valence-electron chi connectivity index (χ2n) is 7.83. The third-order valence-corrected chi connectivity index (χ3v) is 5.32. The van der Waals surface area contributed by atoms with Crippen LogP contribution >= 0.6 is 0 Å².